The van der Waals surface area contributed by atoms with Crippen LogP contribution in [0.3, 0.4) is 0 Å². The van der Waals surface area contributed by atoms with Gasteiger partial charge < -0.3 is 23.5 Å². The summed E-state index contributed by atoms with van der Waals surface area (Å²) in [5.41, 5.74) is 0.988. The first-order valence-electron chi connectivity index (χ1n) is 11.1. The van der Waals surface area contributed by atoms with Crippen LogP contribution in [0.4, 0.5) is 0 Å². The number of halogens is 1. The Morgan fingerprint density at radius 1 is 1.03 bits per heavy atom. The molecule has 178 valence electrons. The third kappa shape index (κ3) is 3.91. The lowest BCUT2D eigenvalue weighted by atomic mass is 9.97. The van der Waals surface area contributed by atoms with Crippen LogP contribution in [0, 0.1) is 0 Å². The van der Waals surface area contributed by atoms with Gasteiger partial charge in [-0.3, -0.25) is 14.5 Å². The van der Waals surface area contributed by atoms with E-state index in [-0.39, 0.29) is 22.7 Å². The van der Waals surface area contributed by atoms with Gasteiger partial charge in [-0.15, -0.1) is 0 Å². The van der Waals surface area contributed by atoms with Crippen molar-refractivity contribution in [3.8, 4) is 11.5 Å². The maximum Gasteiger partial charge on any atom is 0.290 e. The van der Waals surface area contributed by atoms with Crippen molar-refractivity contribution in [1.29, 1.82) is 0 Å². The fourth-order valence-electron chi connectivity index (χ4n) is 4.67. The molecule has 5 rings (SSSR count). The molecule has 0 saturated carbocycles. The summed E-state index contributed by atoms with van der Waals surface area (Å²) in [6.45, 7) is 3.96. The molecule has 0 N–H and O–H groups in total. The molecule has 8 nitrogen and oxygen atoms in total. The molecule has 2 aliphatic heterocycles. The second-order valence-corrected chi connectivity index (χ2v) is 8.71. The molecule has 3 heterocycles. The molecule has 34 heavy (non-hydrogen) atoms. The van der Waals surface area contributed by atoms with Crippen LogP contribution in [0.25, 0.3) is 11.0 Å². The van der Waals surface area contributed by atoms with Crippen LogP contribution in [-0.4, -0.2) is 69.3 Å². The summed E-state index contributed by atoms with van der Waals surface area (Å²) >= 11 is 6.17. The van der Waals surface area contributed by atoms with Crippen molar-refractivity contribution in [3.63, 3.8) is 0 Å². The van der Waals surface area contributed by atoms with E-state index in [4.69, 9.17) is 30.2 Å². The Labute approximate surface area is 201 Å². The van der Waals surface area contributed by atoms with Crippen molar-refractivity contribution < 1.29 is 23.4 Å². The van der Waals surface area contributed by atoms with Gasteiger partial charge in [-0.25, -0.2) is 0 Å². The molecule has 0 radical (unpaired) electrons. The van der Waals surface area contributed by atoms with Gasteiger partial charge in [0, 0.05) is 36.8 Å². The van der Waals surface area contributed by atoms with Crippen molar-refractivity contribution in [2.45, 2.75) is 6.04 Å². The van der Waals surface area contributed by atoms with Gasteiger partial charge in [0.25, 0.3) is 5.91 Å². The molecule has 0 bridgehead atoms. The second kappa shape index (κ2) is 9.29. The van der Waals surface area contributed by atoms with Crippen LogP contribution < -0.4 is 14.9 Å². The molecule has 0 aliphatic carbocycles. The van der Waals surface area contributed by atoms with E-state index in [1.165, 1.54) is 0 Å². The van der Waals surface area contributed by atoms with E-state index in [1.807, 2.05) is 0 Å². The van der Waals surface area contributed by atoms with Gasteiger partial charge in [0.15, 0.2) is 5.43 Å². The molecule has 0 unspecified atom stereocenters. The van der Waals surface area contributed by atoms with Gasteiger partial charge in [-0.05, 0) is 36.4 Å². The summed E-state index contributed by atoms with van der Waals surface area (Å²) in [6, 6.07) is 9.49. The van der Waals surface area contributed by atoms with Crippen molar-refractivity contribution in [3.05, 3.63) is 68.5 Å². The number of amides is 1. The molecular formula is C25H25ClN2O6. The Morgan fingerprint density at radius 3 is 2.56 bits per heavy atom. The number of carbonyl (C=O) groups is 1. The molecule has 1 atom stereocenters. The summed E-state index contributed by atoms with van der Waals surface area (Å²) < 4.78 is 22.5. The summed E-state index contributed by atoms with van der Waals surface area (Å²) in [5, 5.41) is 0.754. The Hall–Kier alpha value is -3.07. The summed E-state index contributed by atoms with van der Waals surface area (Å²) in [5.74, 6) is 0.871. The number of hydrogen-bond donors (Lipinski definition) is 0. The van der Waals surface area contributed by atoms with E-state index in [1.54, 1.807) is 55.5 Å². The van der Waals surface area contributed by atoms with Gasteiger partial charge in [0.1, 0.15) is 17.1 Å². The number of rotatable bonds is 6. The van der Waals surface area contributed by atoms with Crippen LogP contribution in [0.5, 0.6) is 11.5 Å². The highest BCUT2D eigenvalue weighted by molar-refractivity contribution is 6.31. The normalized spacial score (nSPS) is 18.4. The van der Waals surface area contributed by atoms with E-state index in [2.05, 4.69) is 4.90 Å². The number of fused-ring (bicyclic) bond motifs is 2. The third-order valence-electron chi connectivity index (χ3n) is 6.42. The van der Waals surface area contributed by atoms with E-state index in [9.17, 15) is 9.59 Å². The molecule has 3 aromatic rings. The highest BCUT2D eigenvalue weighted by Gasteiger charge is 2.44. The maximum atomic E-state index is 13.7. The van der Waals surface area contributed by atoms with E-state index in [0.717, 1.165) is 13.1 Å². The number of benzene rings is 2. The minimum absolute atomic E-state index is 0.0525. The lowest BCUT2D eigenvalue weighted by Crippen LogP contribution is -2.42. The molecule has 2 aliphatic rings. The largest absolute Gasteiger partial charge is 0.497 e. The van der Waals surface area contributed by atoms with Crippen molar-refractivity contribution in [1.82, 2.24) is 9.80 Å². The first kappa shape index (κ1) is 22.7. The summed E-state index contributed by atoms with van der Waals surface area (Å²) in [7, 11) is 3.13. The van der Waals surface area contributed by atoms with E-state index < -0.39 is 6.04 Å². The SMILES string of the molecule is COc1ccc(OC)c([C@@H]2c3c(oc4ccc(Cl)cc4c3=O)C(=O)N2CCN2CCOCC2)c1. The first-order valence-corrected chi connectivity index (χ1v) is 11.5. The van der Waals surface area contributed by atoms with Crippen LogP contribution in [0.15, 0.2) is 45.6 Å². The summed E-state index contributed by atoms with van der Waals surface area (Å²) in [4.78, 5) is 31.3. The summed E-state index contributed by atoms with van der Waals surface area (Å²) in [6.07, 6.45) is 0. The van der Waals surface area contributed by atoms with Gasteiger partial charge in [0.2, 0.25) is 5.76 Å². The molecule has 1 saturated heterocycles. The molecule has 1 fully saturated rings. The zero-order valence-corrected chi connectivity index (χ0v) is 19.8. The van der Waals surface area contributed by atoms with E-state index in [0.29, 0.717) is 59.4 Å². The van der Waals surface area contributed by atoms with Gasteiger partial charge in [0.05, 0.1) is 44.4 Å². The number of carbonyl (C=O) groups excluding carboxylic acids is 1. The molecule has 1 amide bonds. The highest BCUT2D eigenvalue weighted by Crippen LogP contribution is 2.42. The molecule has 9 heteroatoms. The van der Waals surface area contributed by atoms with Crippen molar-refractivity contribution >= 4 is 28.5 Å². The predicted octanol–water partition coefficient (Wildman–Crippen LogP) is 3.34. The van der Waals surface area contributed by atoms with Gasteiger partial charge in [-0.2, -0.15) is 0 Å². The third-order valence-corrected chi connectivity index (χ3v) is 6.66. The fourth-order valence-corrected chi connectivity index (χ4v) is 4.85. The number of ether oxygens (including phenoxy) is 3. The fraction of sp³-hybridized carbons (Fsp3) is 0.360. The monoisotopic (exact) mass is 484 g/mol. The average Bonchev–Trinajstić information content (AvgIpc) is 3.15. The van der Waals surface area contributed by atoms with Crippen LogP contribution in [0.1, 0.15) is 27.7 Å². The van der Waals surface area contributed by atoms with E-state index >= 15 is 0 Å². The Morgan fingerprint density at radius 2 is 1.82 bits per heavy atom. The minimum Gasteiger partial charge on any atom is -0.497 e. The molecule has 2 aromatic carbocycles. The lowest BCUT2D eigenvalue weighted by molar-refractivity contribution is 0.0314. The smallest absolute Gasteiger partial charge is 0.290 e. The predicted molar refractivity (Wildman–Crippen MR) is 127 cm³/mol. The maximum absolute atomic E-state index is 13.7. The molecule has 1 aromatic heterocycles. The van der Waals surface area contributed by atoms with Crippen LogP contribution in [0.2, 0.25) is 5.02 Å². The number of hydrogen-bond acceptors (Lipinski definition) is 7. The molecule has 0 spiro atoms. The van der Waals surface area contributed by atoms with Crippen molar-refractivity contribution in [2.24, 2.45) is 0 Å². The number of morpholine rings is 1. The molecular weight excluding hydrogens is 460 g/mol. The zero-order chi connectivity index (χ0) is 23.8. The quantitative estimate of drug-likeness (QED) is 0.530. The lowest BCUT2D eigenvalue weighted by Gasteiger charge is -2.31. The van der Waals surface area contributed by atoms with Crippen LogP contribution in [-0.2, 0) is 4.74 Å². The van der Waals surface area contributed by atoms with Crippen LogP contribution >= 0.6 is 11.6 Å². The minimum atomic E-state index is -0.687. The zero-order valence-electron chi connectivity index (χ0n) is 19.0. The second-order valence-electron chi connectivity index (χ2n) is 8.28. The number of nitrogens with zero attached hydrogens (tertiary/aromatic N) is 2. The first-order chi connectivity index (χ1) is 16.5. The topological polar surface area (TPSA) is 81.5 Å². The van der Waals surface area contributed by atoms with Gasteiger partial charge >= 0.3 is 0 Å². The Kier molecular flexibility index (Phi) is 6.20. The Balaban J connectivity index is 1.66. The van der Waals surface area contributed by atoms with Gasteiger partial charge in [-0.1, -0.05) is 11.6 Å². The highest BCUT2D eigenvalue weighted by atomic mass is 35.5. The average molecular weight is 485 g/mol. The number of methoxy groups -OCH3 is 2. The standard InChI is InChI=1S/C25H25ClN2O6/c1-31-16-4-6-19(32-2)17(14-16)22-21-23(29)18-13-15(26)3-5-20(18)34-24(21)25(30)28(22)8-7-27-9-11-33-12-10-27/h3-6,13-14,22H,7-12H2,1-2H3/t22-/m1/s1. The Bertz CT molecular complexity index is 1300. The van der Waals surface area contributed by atoms with Crippen molar-refractivity contribution in [2.75, 3.05) is 53.6 Å².